The van der Waals surface area contributed by atoms with E-state index < -0.39 is 5.60 Å². The van der Waals surface area contributed by atoms with E-state index in [1.165, 1.54) is 24.5 Å². The lowest BCUT2D eigenvalue weighted by atomic mass is 9.90. The predicted molar refractivity (Wildman–Crippen MR) is 99.3 cm³/mol. The van der Waals surface area contributed by atoms with E-state index in [1.54, 1.807) is 28.9 Å². The molecule has 2 aliphatic rings. The van der Waals surface area contributed by atoms with Crippen molar-refractivity contribution in [1.29, 1.82) is 0 Å². The van der Waals surface area contributed by atoms with Crippen LogP contribution in [-0.4, -0.2) is 58.5 Å². The van der Waals surface area contributed by atoms with Crippen LogP contribution in [0, 0.1) is 12.7 Å². The third kappa shape index (κ3) is 3.60. The standard InChI is InChI=1S/C20H21FN4O3/c1-14-22-9-15(10-23-14)19(27)24-8-2-7-20(12-24)13-25(18(26)11-28-20)17-5-3-16(21)4-6-17/h3-6,9-10H,2,7-8,11-13H2,1H3. The number of hydrogen-bond acceptors (Lipinski definition) is 5. The molecular formula is C20H21FN4O3. The van der Waals surface area contributed by atoms with Crippen LogP contribution in [0.4, 0.5) is 10.1 Å². The molecule has 4 rings (SSSR count). The maximum atomic E-state index is 13.2. The van der Waals surface area contributed by atoms with Crippen molar-refractivity contribution in [2.75, 3.05) is 31.1 Å². The summed E-state index contributed by atoms with van der Waals surface area (Å²) >= 11 is 0. The van der Waals surface area contributed by atoms with Gasteiger partial charge in [-0.3, -0.25) is 9.59 Å². The van der Waals surface area contributed by atoms with Gasteiger partial charge in [0.1, 0.15) is 23.8 Å². The summed E-state index contributed by atoms with van der Waals surface area (Å²) in [4.78, 5) is 36.8. The largest absolute Gasteiger partial charge is 0.361 e. The zero-order chi connectivity index (χ0) is 19.7. The topological polar surface area (TPSA) is 75.6 Å². The Balaban J connectivity index is 1.53. The minimum atomic E-state index is -0.637. The molecule has 7 nitrogen and oxygen atoms in total. The van der Waals surface area contributed by atoms with Crippen LogP contribution in [0.1, 0.15) is 29.0 Å². The molecule has 0 radical (unpaired) electrons. The first-order chi connectivity index (χ1) is 13.5. The zero-order valence-corrected chi connectivity index (χ0v) is 15.6. The number of ether oxygens (including phenoxy) is 1. The molecule has 3 heterocycles. The smallest absolute Gasteiger partial charge is 0.257 e. The van der Waals surface area contributed by atoms with Gasteiger partial charge in [-0.15, -0.1) is 0 Å². The second kappa shape index (κ2) is 7.27. The van der Waals surface area contributed by atoms with Gasteiger partial charge in [-0.05, 0) is 44.0 Å². The zero-order valence-electron chi connectivity index (χ0n) is 15.6. The normalized spacial score (nSPS) is 22.6. The third-order valence-electron chi connectivity index (χ3n) is 5.24. The number of piperidine rings is 1. The number of carbonyl (C=O) groups is 2. The summed E-state index contributed by atoms with van der Waals surface area (Å²) in [6.45, 7) is 3.02. The fourth-order valence-electron chi connectivity index (χ4n) is 3.77. The summed E-state index contributed by atoms with van der Waals surface area (Å²) in [5.74, 6) is -0.0646. The molecule has 2 amide bonds. The molecule has 2 fully saturated rings. The second-order valence-corrected chi connectivity index (χ2v) is 7.28. The van der Waals surface area contributed by atoms with Crippen LogP contribution in [0.3, 0.4) is 0 Å². The maximum absolute atomic E-state index is 13.2. The molecule has 0 N–H and O–H groups in total. The number of anilines is 1. The van der Waals surface area contributed by atoms with Crippen LogP contribution in [0.25, 0.3) is 0 Å². The van der Waals surface area contributed by atoms with Gasteiger partial charge in [0.2, 0.25) is 0 Å². The van der Waals surface area contributed by atoms with E-state index >= 15 is 0 Å². The molecule has 0 aliphatic carbocycles. The molecule has 8 heteroatoms. The molecule has 2 aliphatic heterocycles. The Kier molecular flexibility index (Phi) is 4.80. The van der Waals surface area contributed by atoms with Gasteiger partial charge in [0.15, 0.2) is 0 Å². The summed E-state index contributed by atoms with van der Waals surface area (Å²) in [6, 6.07) is 5.83. The molecule has 1 atom stereocenters. The molecule has 1 unspecified atom stereocenters. The quantitative estimate of drug-likeness (QED) is 0.791. The highest BCUT2D eigenvalue weighted by molar-refractivity contribution is 5.95. The number of rotatable bonds is 2. The summed E-state index contributed by atoms with van der Waals surface area (Å²) in [7, 11) is 0. The Morgan fingerprint density at radius 2 is 1.89 bits per heavy atom. The molecule has 28 heavy (non-hydrogen) atoms. The average molecular weight is 384 g/mol. The molecule has 1 aromatic heterocycles. The van der Waals surface area contributed by atoms with Gasteiger partial charge in [-0.1, -0.05) is 0 Å². The highest BCUT2D eigenvalue weighted by Gasteiger charge is 2.44. The molecule has 2 saturated heterocycles. The Labute approximate surface area is 162 Å². The molecule has 146 valence electrons. The fraction of sp³-hybridized carbons (Fsp3) is 0.400. The second-order valence-electron chi connectivity index (χ2n) is 7.28. The number of morpholine rings is 1. The Morgan fingerprint density at radius 3 is 2.61 bits per heavy atom. The van der Waals surface area contributed by atoms with Crippen molar-refractivity contribution < 1.29 is 18.7 Å². The van der Waals surface area contributed by atoms with Crippen molar-refractivity contribution in [3.05, 3.63) is 53.9 Å². The lowest BCUT2D eigenvalue weighted by Gasteiger charge is -2.47. The van der Waals surface area contributed by atoms with Crippen molar-refractivity contribution >= 4 is 17.5 Å². The summed E-state index contributed by atoms with van der Waals surface area (Å²) in [5, 5.41) is 0. The number of aryl methyl sites for hydroxylation is 1. The summed E-state index contributed by atoms with van der Waals surface area (Å²) in [5.41, 5.74) is 0.427. The highest BCUT2D eigenvalue weighted by atomic mass is 19.1. The SMILES string of the molecule is Cc1ncc(C(=O)N2CCCC3(C2)CN(c2ccc(F)cc2)C(=O)CO3)cn1. The lowest BCUT2D eigenvalue weighted by molar-refractivity contribution is -0.144. The van der Waals surface area contributed by atoms with Crippen molar-refractivity contribution in [2.24, 2.45) is 0 Å². The van der Waals surface area contributed by atoms with Crippen LogP contribution in [0.2, 0.25) is 0 Å². The van der Waals surface area contributed by atoms with Gasteiger partial charge >= 0.3 is 0 Å². The summed E-state index contributed by atoms with van der Waals surface area (Å²) in [6.07, 6.45) is 4.57. The van der Waals surface area contributed by atoms with E-state index in [4.69, 9.17) is 4.74 Å². The highest BCUT2D eigenvalue weighted by Crippen LogP contribution is 2.32. The van der Waals surface area contributed by atoms with E-state index in [9.17, 15) is 14.0 Å². The molecule has 1 aromatic carbocycles. The monoisotopic (exact) mass is 384 g/mol. The van der Waals surface area contributed by atoms with E-state index in [2.05, 4.69) is 9.97 Å². The average Bonchev–Trinajstić information content (AvgIpc) is 2.71. The number of likely N-dealkylation sites (tertiary alicyclic amines) is 1. The Hall–Kier alpha value is -2.87. The number of carbonyl (C=O) groups excluding carboxylic acids is 2. The van der Waals surface area contributed by atoms with Crippen molar-refractivity contribution in [2.45, 2.75) is 25.4 Å². The van der Waals surface area contributed by atoms with Crippen LogP contribution in [0.15, 0.2) is 36.7 Å². The third-order valence-corrected chi connectivity index (χ3v) is 5.24. The number of aromatic nitrogens is 2. The van der Waals surface area contributed by atoms with Gasteiger partial charge in [-0.2, -0.15) is 0 Å². The van der Waals surface area contributed by atoms with E-state index in [0.717, 1.165) is 12.8 Å². The van der Waals surface area contributed by atoms with Crippen LogP contribution < -0.4 is 4.90 Å². The number of nitrogens with zero attached hydrogens (tertiary/aromatic N) is 4. The van der Waals surface area contributed by atoms with Crippen molar-refractivity contribution in [1.82, 2.24) is 14.9 Å². The lowest BCUT2D eigenvalue weighted by Crippen LogP contribution is -2.62. The van der Waals surface area contributed by atoms with Crippen LogP contribution in [-0.2, 0) is 9.53 Å². The van der Waals surface area contributed by atoms with E-state index in [0.29, 0.717) is 36.7 Å². The minimum absolute atomic E-state index is 0.0625. The molecule has 0 bridgehead atoms. The minimum Gasteiger partial charge on any atom is -0.361 e. The Bertz CT molecular complexity index is 887. The van der Waals surface area contributed by atoms with Gasteiger partial charge in [0, 0.05) is 24.6 Å². The number of hydrogen-bond donors (Lipinski definition) is 0. The van der Waals surface area contributed by atoms with Gasteiger partial charge in [0.25, 0.3) is 11.8 Å². The first-order valence-corrected chi connectivity index (χ1v) is 9.24. The van der Waals surface area contributed by atoms with Crippen molar-refractivity contribution in [3.63, 3.8) is 0 Å². The number of benzene rings is 1. The first-order valence-electron chi connectivity index (χ1n) is 9.24. The van der Waals surface area contributed by atoms with E-state index in [-0.39, 0.29) is 24.2 Å². The van der Waals surface area contributed by atoms with E-state index in [1.807, 2.05) is 0 Å². The van der Waals surface area contributed by atoms with Crippen LogP contribution >= 0.6 is 0 Å². The first kappa shape index (κ1) is 18.5. The molecule has 1 spiro atoms. The molecular weight excluding hydrogens is 363 g/mol. The summed E-state index contributed by atoms with van der Waals surface area (Å²) < 4.78 is 19.2. The molecule has 0 saturated carbocycles. The predicted octanol–water partition coefficient (Wildman–Crippen LogP) is 1.96. The van der Waals surface area contributed by atoms with Crippen LogP contribution in [0.5, 0.6) is 0 Å². The van der Waals surface area contributed by atoms with Gasteiger partial charge in [-0.25, -0.2) is 14.4 Å². The van der Waals surface area contributed by atoms with Gasteiger partial charge in [0.05, 0.1) is 18.7 Å². The fourth-order valence-corrected chi connectivity index (χ4v) is 3.77. The van der Waals surface area contributed by atoms with Crippen molar-refractivity contribution in [3.8, 4) is 0 Å². The number of amides is 2. The maximum Gasteiger partial charge on any atom is 0.257 e. The molecule has 2 aromatic rings. The Morgan fingerprint density at radius 1 is 1.18 bits per heavy atom. The number of halogens is 1. The van der Waals surface area contributed by atoms with Gasteiger partial charge < -0.3 is 14.5 Å².